The number of rotatable bonds is 5. The fourth-order valence-corrected chi connectivity index (χ4v) is 2.89. The number of fused-ring (bicyclic) bond motifs is 1. The van der Waals surface area contributed by atoms with Gasteiger partial charge in [0.15, 0.2) is 0 Å². The standard InChI is InChI=1S/C15H22ClN/c1-3-4-5-11(2)17-15-9-6-12-10-13(16)7-8-14(12)15/h7-8,10-11,15,17H,3-6,9H2,1-2H3. The van der Waals surface area contributed by atoms with Gasteiger partial charge in [-0.25, -0.2) is 0 Å². The second-order valence-electron chi connectivity index (χ2n) is 5.14. The summed E-state index contributed by atoms with van der Waals surface area (Å²) in [5, 5.41) is 4.61. The zero-order valence-electron chi connectivity index (χ0n) is 10.8. The maximum absolute atomic E-state index is 6.02. The quantitative estimate of drug-likeness (QED) is 0.813. The Kier molecular flexibility index (Phi) is 4.47. The minimum Gasteiger partial charge on any atom is -0.307 e. The summed E-state index contributed by atoms with van der Waals surface area (Å²) in [6.45, 7) is 4.54. The van der Waals surface area contributed by atoms with Crippen LogP contribution in [0.3, 0.4) is 0 Å². The topological polar surface area (TPSA) is 12.0 Å². The van der Waals surface area contributed by atoms with Gasteiger partial charge in [0.25, 0.3) is 0 Å². The Balaban J connectivity index is 1.97. The highest BCUT2D eigenvalue weighted by atomic mass is 35.5. The molecule has 0 aliphatic heterocycles. The van der Waals surface area contributed by atoms with E-state index in [0.29, 0.717) is 12.1 Å². The van der Waals surface area contributed by atoms with E-state index in [0.717, 1.165) is 11.4 Å². The van der Waals surface area contributed by atoms with E-state index in [-0.39, 0.29) is 0 Å². The predicted molar refractivity (Wildman–Crippen MR) is 74.6 cm³/mol. The number of hydrogen-bond acceptors (Lipinski definition) is 1. The van der Waals surface area contributed by atoms with Gasteiger partial charge in [0.05, 0.1) is 0 Å². The van der Waals surface area contributed by atoms with Crippen molar-refractivity contribution in [1.29, 1.82) is 0 Å². The van der Waals surface area contributed by atoms with Gasteiger partial charge in [-0.15, -0.1) is 0 Å². The third-order valence-electron chi connectivity index (χ3n) is 3.66. The fourth-order valence-electron chi connectivity index (χ4n) is 2.70. The number of halogens is 1. The largest absolute Gasteiger partial charge is 0.307 e. The Labute approximate surface area is 110 Å². The van der Waals surface area contributed by atoms with Gasteiger partial charge in [0, 0.05) is 17.1 Å². The SMILES string of the molecule is CCCCC(C)NC1CCc2cc(Cl)ccc21. The lowest BCUT2D eigenvalue weighted by Gasteiger charge is -2.20. The molecule has 2 atom stereocenters. The molecular formula is C15H22ClN. The first kappa shape index (κ1) is 12.9. The van der Waals surface area contributed by atoms with Crippen LogP contribution in [0.2, 0.25) is 5.02 Å². The molecule has 1 aliphatic carbocycles. The maximum atomic E-state index is 6.02. The average molecular weight is 252 g/mol. The lowest BCUT2D eigenvalue weighted by Crippen LogP contribution is -2.29. The molecule has 2 rings (SSSR count). The monoisotopic (exact) mass is 251 g/mol. The second-order valence-corrected chi connectivity index (χ2v) is 5.58. The molecule has 0 spiro atoms. The molecule has 0 amide bonds. The first-order chi connectivity index (χ1) is 8.20. The summed E-state index contributed by atoms with van der Waals surface area (Å²) in [5.41, 5.74) is 2.88. The molecule has 1 nitrogen and oxygen atoms in total. The van der Waals surface area contributed by atoms with Gasteiger partial charge in [0.1, 0.15) is 0 Å². The average Bonchev–Trinajstić information content (AvgIpc) is 2.69. The van der Waals surface area contributed by atoms with E-state index in [2.05, 4.69) is 31.3 Å². The lowest BCUT2D eigenvalue weighted by atomic mass is 10.1. The summed E-state index contributed by atoms with van der Waals surface area (Å²) in [6.07, 6.45) is 6.24. The number of hydrogen-bond donors (Lipinski definition) is 1. The molecular weight excluding hydrogens is 230 g/mol. The molecule has 0 bridgehead atoms. The van der Waals surface area contributed by atoms with Gasteiger partial charge in [-0.2, -0.15) is 0 Å². The first-order valence-electron chi connectivity index (χ1n) is 6.75. The van der Waals surface area contributed by atoms with Crippen molar-refractivity contribution in [2.45, 2.75) is 58.0 Å². The molecule has 2 unspecified atom stereocenters. The van der Waals surface area contributed by atoms with Crippen LogP contribution >= 0.6 is 11.6 Å². The fraction of sp³-hybridized carbons (Fsp3) is 0.600. The third-order valence-corrected chi connectivity index (χ3v) is 3.89. The molecule has 17 heavy (non-hydrogen) atoms. The molecule has 1 aliphatic rings. The zero-order valence-corrected chi connectivity index (χ0v) is 11.6. The van der Waals surface area contributed by atoms with Crippen molar-refractivity contribution in [1.82, 2.24) is 5.32 Å². The summed E-state index contributed by atoms with van der Waals surface area (Å²) in [6, 6.07) is 7.47. The molecule has 0 aromatic heterocycles. The summed E-state index contributed by atoms with van der Waals surface area (Å²) in [7, 11) is 0. The smallest absolute Gasteiger partial charge is 0.0408 e. The molecule has 1 aromatic carbocycles. The first-order valence-corrected chi connectivity index (χ1v) is 7.13. The van der Waals surface area contributed by atoms with Crippen LogP contribution in [0, 0.1) is 0 Å². The van der Waals surface area contributed by atoms with E-state index >= 15 is 0 Å². The summed E-state index contributed by atoms with van der Waals surface area (Å²) < 4.78 is 0. The Bertz CT molecular complexity index is 375. The van der Waals surface area contributed by atoms with Crippen LogP contribution in [0.15, 0.2) is 18.2 Å². The van der Waals surface area contributed by atoms with Crippen molar-refractivity contribution in [2.24, 2.45) is 0 Å². The minimum absolute atomic E-state index is 0.536. The van der Waals surface area contributed by atoms with Crippen molar-refractivity contribution in [3.8, 4) is 0 Å². The van der Waals surface area contributed by atoms with Crippen LogP contribution in [-0.2, 0) is 6.42 Å². The summed E-state index contributed by atoms with van der Waals surface area (Å²) in [4.78, 5) is 0. The van der Waals surface area contributed by atoms with Crippen molar-refractivity contribution in [3.63, 3.8) is 0 Å². The van der Waals surface area contributed by atoms with Gasteiger partial charge in [-0.05, 0) is 49.4 Å². The number of nitrogens with one attached hydrogen (secondary N) is 1. The molecule has 0 saturated heterocycles. The Morgan fingerprint density at radius 2 is 2.29 bits per heavy atom. The van der Waals surface area contributed by atoms with Gasteiger partial charge in [0.2, 0.25) is 0 Å². The summed E-state index contributed by atoms with van der Waals surface area (Å²) >= 11 is 6.02. The molecule has 0 radical (unpaired) electrons. The van der Waals surface area contributed by atoms with E-state index in [4.69, 9.17) is 11.6 Å². The van der Waals surface area contributed by atoms with Crippen molar-refractivity contribution < 1.29 is 0 Å². The molecule has 0 fully saturated rings. The zero-order chi connectivity index (χ0) is 12.3. The number of aryl methyl sites for hydroxylation is 1. The second kappa shape index (κ2) is 5.88. The van der Waals surface area contributed by atoms with Crippen LogP contribution in [0.25, 0.3) is 0 Å². The molecule has 1 aromatic rings. The van der Waals surface area contributed by atoms with Gasteiger partial charge >= 0.3 is 0 Å². The van der Waals surface area contributed by atoms with Crippen LogP contribution in [0.1, 0.15) is 56.7 Å². The van der Waals surface area contributed by atoms with Gasteiger partial charge in [-0.1, -0.05) is 37.4 Å². The van der Waals surface area contributed by atoms with Gasteiger partial charge < -0.3 is 5.32 Å². The highest BCUT2D eigenvalue weighted by molar-refractivity contribution is 6.30. The molecule has 94 valence electrons. The highest BCUT2D eigenvalue weighted by Gasteiger charge is 2.23. The summed E-state index contributed by atoms with van der Waals surface area (Å²) in [5.74, 6) is 0. The van der Waals surface area contributed by atoms with E-state index in [9.17, 15) is 0 Å². The van der Waals surface area contributed by atoms with E-state index < -0.39 is 0 Å². The van der Waals surface area contributed by atoms with Gasteiger partial charge in [-0.3, -0.25) is 0 Å². The molecule has 0 saturated carbocycles. The van der Waals surface area contributed by atoms with E-state index in [1.54, 1.807) is 0 Å². The van der Waals surface area contributed by atoms with Crippen LogP contribution in [0.4, 0.5) is 0 Å². The lowest BCUT2D eigenvalue weighted by molar-refractivity contribution is 0.424. The van der Waals surface area contributed by atoms with Crippen molar-refractivity contribution in [3.05, 3.63) is 34.3 Å². The Morgan fingerprint density at radius 1 is 1.47 bits per heavy atom. The highest BCUT2D eigenvalue weighted by Crippen LogP contribution is 2.33. The minimum atomic E-state index is 0.536. The molecule has 2 heteroatoms. The van der Waals surface area contributed by atoms with Crippen LogP contribution in [-0.4, -0.2) is 6.04 Å². The number of benzene rings is 1. The number of unbranched alkanes of at least 4 members (excludes halogenated alkanes) is 1. The predicted octanol–water partition coefficient (Wildman–Crippen LogP) is 4.50. The van der Waals surface area contributed by atoms with Crippen molar-refractivity contribution >= 4 is 11.6 Å². The van der Waals surface area contributed by atoms with Crippen LogP contribution < -0.4 is 5.32 Å². The Morgan fingerprint density at radius 3 is 3.06 bits per heavy atom. The van der Waals surface area contributed by atoms with Crippen LogP contribution in [0.5, 0.6) is 0 Å². The maximum Gasteiger partial charge on any atom is 0.0408 e. The normalized spacial score (nSPS) is 20.3. The molecule has 1 N–H and O–H groups in total. The third kappa shape index (κ3) is 3.23. The van der Waals surface area contributed by atoms with E-state index in [1.165, 1.54) is 36.8 Å². The van der Waals surface area contributed by atoms with Crippen molar-refractivity contribution in [2.75, 3.05) is 0 Å². The molecule has 0 heterocycles. The van der Waals surface area contributed by atoms with E-state index in [1.807, 2.05) is 6.07 Å². The Hall–Kier alpha value is -0.530.